The maximum Gasteiger partial charge on any atom is 0.232 e. The number of hydrogen-bond donors (Lipinski definition) is 1. The Kier molecular flexibility index (Phi) is 8.99. The van der Waals surface area contributed by atoms with E-state index in [4.69, 9.17) is 14.2 Å². The van der Waals surface area contributed by atoms with Crippen molar-refractivity contribution in [1.82, 2.24) is 5.32 Å². The highest BCUT2D eigenvalue weighted by Gasteiger charge is 2.18. The molecule has 2 aromatic rings. The summed E-state index contributed by atoms with van der Waals surface area (Å²) in [7, 11) is -0.407. The highest BCUT2D eigenvalue weighted by atomic mass is 32.2. The number of carbonyl (C=O) groups is 1. The predicted molar refractivity (Wildman–Crippen MR) is 121 cm³/mol. The number of ether oxygens (including phenoxy) is 3. The average molecular weight is 451 g/mol. The van der Waals surface area contributed by atoms with E-state index in [2.05, 4.69) is 5.32 Å². The number of rotatable bonds is 12. The molecule has 0 aliphatic carbocycles. The summed E-state index contributed by atoms with van der Waals surface area (Å²) in [6.07, 6.45) is 1.70. The smallest absolute Gasteiger partial charge is 0.232 e. The Hall–Kier alpha value is -2.94. The maximum absolute atomic E-state index is 12.3. The van der Waals surface area contributed by atoms with Crippen LogP contribution in [0.4, 0.5) is 5.69 Å². The summed E-state index contributed by atoms with van der Waals surface area (Å²) in [5.74, 6) is 1.62. The van der Waals surface area contributed by atoms with Crippen LogP contribution in [0.1, 0.15) is 19.8 Å². The molecule has 0 aromatic heterocycles. The van der Waals surface area contributed by atoms with Crippen LogP contribution < -0.4 is 23.8 Å². The fourth-order valence-electron chi connectivity index (χ4n) is 2.98. The number of para-hydroxylation sites is 2. The Bertz CT molecular complexity index is 964. The normalized spacial score (nSPS) is 12.0. The van der Waals surface area contributed by atoms with Crippen LogP contribution in [0, 0.1) is 0 Å². The first-order valence-corrected chi connectivity index (χ1v) is 11.8. The van der Waals surface area contributed by atoms with E-state index in [1.165, 1.54) is 11.4 Å². The molecule has 8 nitrogen and oxygen atoms in total. The van der Waals surface area contributed by atoms with Crippen LogP contribution in [0.2, 0.25) is 0 Å². The average Bonchev–Trinajstić information content (AvgIpc) is 2.74. The molecule has 170 valence electrons. The van der Waals surface area contributed by atoms with E-state index in [9.17, 15) is 13.2 Å². The molecule has 0 spiro atoms. The van der Waals surface area contributed by atoms with Crippen molar-refractivity contribution in [3.63, 3.8) is 0 Å². The number of sulfonamides is 1. The van der Waals surface area contributed by atoms with Crippen molar-refractivity contribution in [2.24, 2.45) is 0 Å². The minimum absolute atomic E-state index is 0.171. The zero-order valence-electron chi connectivity index (χ0n) is 18.3. The van der Waals surface area contributed by atoms with Crippen LogP contribution >= 0.6 is 0 Å². The third-order valence-electron chi connectivity index (χ3n) is 4.47. The van der Waals surface area contributed by atoms with Gasteiger partial charge in [0.1, 0.15) is 12.4 Å². The third-order valence-corrected chi connectivity index (χ3v) is 5.67. The van der Waals surface area contributed by atoms with Crippen LogP contribution in [-0.4, -0.2) is 54.0 Å². The van der Waals surface area contributed by atoms with Gasteiger partial charge in [-0.15, -0.1) is 0 Å². The molecular weight excluding hydrogens is 420 g/mol. The quantitative estimate of drug-likeness (QED) is 0.534. The van der Waals surface area contributed by atoms with Crippen LogP contribution in [-0.2, 0) is 14.8 Å². The first-order chi connectivity index (χ1) is 14.7. The van der Waals surface area contributed by atoms with Gasteiger partial charge in [-0.05, 0) is 37.6 Å². The molecule has 0 aliphatic heterocycles. The number of anilines is 1. The van der Waals surface area contributed by atoms with Gasteiger partial charge in [0.2, 0.25) is 15.9 Å². The Balaban J connectivity index is 1.84. The molecule has 1 atom stereocenters. The summed E-state index contributed by atoms with van der Waals surface area (Å²) in [6.45, 7) is 2.31. The molecule has 0 fully saturated rings. The molecule has 0 radical (unpaired) electrons. The van der Waals surface area contributed by atoms with Gasteiger partial charge in [-0.3, -0.25) is 9.10 Å². The molecular formula is C22H30N2O6S. The summed E-state index contributed by atoms with van der Waals surface area (Å²) in [4.78, 5) is 12.3. The summed E-state index contributed by atoms with van der Waals surface area (Å²) in [6, 6.07) is 13.9. The van der Waals surface area contributed by atoms with Gasteiger partial charge in [0.05, 0.1) is 32.2 Å². The monoisotopic (exact) mass is 450 g/mol. The van der Waals surface area contributed by atoms with Crippen LogP contribution in [0.5, 0.6) is 17.2 Å². The molecule has 9 heteroatoms. The molecule has 0 unspecified atom stereocenters. The summed E-state index contributed by atoms with van der Waals surface area (Å²) < 4.78 is 41.8. The fraction of sp³-hybridized carbons (Fsp3) is 0.409. The van der Waals surface area contributed by atoms with E-state index in [1.54, 1.807) is 43.5 Å². The van der Waals surface area contributed by atoms with Crippen molar-refractivity contribution in [2.45, 2.75) is 25.8 Å². The van der Waals surface area contributed by atoms with Gasteiger partial charge in [-0.2, -0.15) is 0 Å². The number of nitrogens with one attached hydrogen (secondary N) is 1. The summed E-state index contributed by atoms with van der Waals surface area (Å²) in [5, 5.41) is 2.87. The van der Waals surface area contributed by atoms with Crippen LogP contribution in [0.3, 0.4) is 0 Å². The Labute approximate surface area is 184 Å². The van der Waals surface area contributed by atoms with E-state index >= 15 is 0 Å². The molecule has 1 amide bonds. The van der Waals surface area contributed by atoms with Gasteiger partial charge in [-0.25, -0.2) is 8.42 Å². The molecule has 0 heterocycles. The predicted octanol–water partition coefficient (Wildman–Crippen LogP) is 2.83. The lowest BCUT2D eigenvalue weighted by atomic mass is 10.2. The molecule has 2 aromatic carbocycles. The lowest BCUT2D eigenvalue weighted by molar-refractivity contribution is -0.121. The van der Waals surface area contributed by atoms with E-state index in [-0.39, 0.29) is 31.5 Å². The Morgan fingerprint density at radius 3 is 2.42 bits per heavy atom. The molecule has 2 rings (SSSR count). The molecule has 31 heavy (non-hydrogen) atoms. The van der Waals surface area contributed by atoms with Crippen molar-refractivity contribution in [3.05, 3.63) is 48.5 Å². The lowest BCUT2D eigenvalue weighted by Gasteiger charge is -2.23. The zero-order chi connectivity index (χ0) is 22.9. The maximum atomic E-state index is 12.3. The topological polar surface area (TPSA) is 94.2 Å². The summed E-state index contributed by atoms with van der Waals surface area (Å²) in [5.41, 5.74) is 0.501. The minimum atomic E-state index is -3.50. The van der Waals surface area contributed by atoms with Gasteiger partial charge >= 0.3 is 0 Å². The first-order valence-electron chi connectivity index (χ1n) is 9.91. The van der Waals surface area contributed by atoms with Crippen molar-refractivity contribution in [2.75, 3.05) is 37.9 Å². The van der Waals surface area contributed by atoms with Gasteiger partial charge in [-0.1, -0.05) is 18.2 Å². The van der Waals surface area contributed by atoms with Gasteiger partial charge in [0.25, 0.3) is 0 Å². The number of amides is 1. The van der Waals surface area contributed by atoms with Crippen molar-refractivity contribution in [1.29, 1.82) is 0 Å². The molecule has 1 N–H and O–H groups in total. The van der Waals surface area contributed by atoms with Gasteiger partial charge < -0.3 is 19.5 Å². The third kappa shape index (κ3) is 7.67. The number of hydrogen-bond acceptors (Lipinski definition) is 6. The van der Waals surface area contributed by atoms with E-state index in [0.29, 0.717) is 29.4 Å². The molecule has 0 bridgehead atoms. The Morgan fingerprint density at radius 2 is 1.77 bits per heavy atom. The highest BCUT2D eigenvalue weighted by Crippen LogP contribution is 2.26. The molecule has 0 saturated heterocycles. The molecule has 0 saturated carbocycles. The van der Waals surface area contributed by atoms with E-state index in [1.807, 2.05) is 19.1 Å². The van der Waals surface area contributed by atoms with Gasteiger partial charge in [0.15, 0.2) is 11.5 Å². The first kappa shape index (κ1) is 24.3. The van der Waals surface area contributed by atoms with Crippen molar-refractivity contribution < 1.29 is 27.4 Å². The number of nitrogens with zero attached hydrogens (tertiary/aromatic N) is 1. The number of carbonyl (C=O) groups excluding carboxylic acids is 1. The second-order valence-corrected chi connectivity index (χ2v) is 8.98. The van der Waals surface area contributed by atoms with Crippen molar-refractivity contribution in [3.8, 4) is 17.2 Å². The second-order valence-electron chi connectivity index (χ2n) is 7.07. The van der Waals surface area contributed by atoms with Crippen LogP contribution in [0.25, 0.3) is 0 Å². The second kappa shape index (κ2) is 11.5. The van der Waals surface area contributed by atoms with Crippen molar-refractivity contribution >= 4 is 21.6 Å². The SMILES string of the molecule is COc1cccc(N(CCCC(=O)N[C@@H](C)COc2ccccc2OC)S(C)(=O)=O)c1. The van der Waals surface area contributed by atoms with E-state index in [0.717, 1.165) is 6.26 Å². The zero-order valence-corrected chi connectivity index (χ0v) is 19.1. The largest absolute Gasteiger partial charge is 0.497 e. The minimum Gasteiger partial charge on any atom is -0.497 e. The van der Waals surface area contributed by atoms with Crippen LogP contribution in [0.15, 0.2) is 48.5 Å². The highest BCUT2D eigenvalue weighted by molar-refractivity contribution is 7.92. The Morgan fingerprint density at radius 1 is 1.06 bits per heavy atom. The number of benzene rings is 2. The van der Waals surface area contributed by atoms with Gasteiger partial charge in [0, 0.05) is 19.0 Å². The lowest BCUT2D eigenvalue weighted by Crippen LogP contribution is -2.37. The standard InChI is InChI=1S/C22H30N2O6S/c1-17(16-30-21-12-6-5-11-20(21)29-3)23-22(25)13-8-14-24(31(4,26)27)18-9-7-10-19(15-18)28-2/h5-7,9-12,15,17H,8,13-14,16H2,1-4H3,(H,23,25)/t17-/m0/s1. The van der Waals surface area contributed by atoms with E-state index < -0.39 is 10.0 Å². The fourth-order valence-corrected chi connectivity index (χ4v) is 3.93. The number of methoxy groups -OCH3 is 2. The summed E-state index contributed by atoms with van der Waals surface area (Å²) >= 11 is 0. The molecule has 0 aliphatic rings.